The molecule has 4 nitrogen and oxygen atoms in total. The molecule has 0 radical (unpaired) electrons. The fourth-order valence-electron chi connectivity index (χ4n) is 1.36. The molecule has 0 atom stereocenters. The molecule has 1 aliphatic carbocycles. The quantitative estimate of drug-likeness (QED) is 0.678. The van der Waals surface area contributed by atoms with Gasteiger partial charge in [-0.25, -0.2) is 4.68 Å². The summed E-state index contributed by atoms with van der Waals surface area (Å²) in [6.07, 6.45) is 4.39. The highest BCUT2D eigenvalue weighted by Gasteiger charge is 2.26. The SMILES string of the molecule is CN(Cn1ncn(C)c1=S)C1CC1. The molecule has 1 heterocycles. The van der Waals surface area contributed by atoms with Gasteiger partial charge in [0.05, 0.1) is 6.67 Å². The Bertz CT molecular complexity index is 349. The van der Waals surface area contributed by atoms with Gasteiger partial charge in [-0.2, -0.15) is 5.10 Å². The highest BCUT2D eigenvalue weighted by molar-refractivity contribution is 7.71. The van der Waals surface area contributed by atoms with Crippen molar-refractivity contribution in [3.8, 4) is 0 Å². The Morgan fingerprint density at radius 1 is 1.69 bits per heavy atom. The van der Waals surface area contributed by atoms with E-state index in [1.54, 1.807) is 6.33 Å². The molecule has 1 aliphatic rings. The first kappa shape index (κ1) is 8.90. The van der Waals surface area contributed by atoms with Gasteiger partial charge in [-0.3, -0.25) is 4.90 Å². The predicted molar refractivity (Wildman–Crippen MR) is 52.8 cm³/mol. The maximum atomic E-state index is 5.19. The van der Waals surface area contributed by atoms with Gasteiger partial charge in [0.25, 0.3) is 0 Å². The van der Waals surface area contributed by atoms with Gasteiger partial charge in [-0.05, 0) is 32.1 Å². The third-order valence-electron chi connectivity index (χ3n) is 2.41. The lowest BCUT2D eigenvalue weighted by molar-refractivity contribution is 0.242. The molecule has 0 aliphatic heterocycles. The van der Waals surface area contributed by atoms with Crippen molar-refractivity contribution in [1.29, 1.82) is 0 Å². The molecular formula is C8H14N4S. The van der Waals surface area contributed by atoms with Crippen LogP contribution >= 0.6 is 12.2 Å². The minimum atomic E-state index is 0.754. The van der Waals surface area contributed by atoms with Gasteiger partial charge in [0.2, 0.25) is 0 Å². The molecule has 0 unspecified atom stereocenters. The summed E-state index contributed by atoms with van der Waals surface area (Å²) in [6.45, 7) is 0.810. The number of hydrogen-bond donors (Lipinski definition) is 0. The zero-order valence-corrected chi connectivity index (χ0v) is 8.79. The van der Waals surface area contributed by atoms with E-state index in [0.717, 1.165) is 17.5 Å². The molecule has 0 bridgehead atoms. The topological polar surface area (TPSA) is 26.0 Å². The van der Waals surface area contributed by atoms with E-state index in [-0.39, 0.29) is 0 Å². The lowest BCUT2D eigenvalue weighted by atomic mass is 10.6. The van der Waals surface area contributed by atoms with E-state index in [9.17, 15) is 0 Å². The summed E-state index contributed by atoms with van der Waals surface area (Å²) >= 11 is 5.19. The molecule has 1 aromatic rings. The second kappa shape index (κ2) is 3.23. The average molecular weight is 198 g/mol. The number of rotatable bonds is 3. The van der Waals surface area contributed by atoms with Crippen molar-refractivity contribution in [2.45, 2.75) is 25.6 Å². The van der Waals surface area contributed by atoms with Crippen molar-refractivity contribution >= 4 is 12.2 Å². The molecule has 0 amide bonds. The Hall–Kier alpha value is -0.680. The number of nitrogens with zero attached hydrogens (tertiary/aromatic N) is 4. The van der Waals surface area contributed by atoms with Gasteiger partial charge in [-0.1, -0.05) is 0 Å². The molecular weight excluding hydrogens is 184 g/mol. The lowest BCUT2D eigenvalue weighted by Crippen LogP contribution is -2.24. The van der Waals surface area contributed by atoms with E-state index < -0.39 is 0 Å². The van der Waals surface area contributed by atoms with Crippen molar-refractivity contribution in [2.75, 3.05) is 7.05 Å². The molecule has 0 saturated heterocycles. The van der Waals surface area contributed by atoms with Crippen molar-refractivity contribution in [2.24, 2.45) is 7.05 Å². The number of aryl methyl sites for hydroxylation is 1. The van der Waals surface area contributed by atoms with Crippen LogP contribution in [0.5, 0.6) is 0 Å². The zero-order chi connectivity index (χ0) is 9.42. The van der Waals surface area contributed by atoms with Crippen LogP contribution in [-0.4, -0.2) is 32.3 Å². The average Bonchev–Trinajstić information content (AvgIpc) is 2.89. The van der Waals surface area contributed by atoms with Crippen LogP contribution in [0.1, 0.15) is 12.8 Å². The van der Waals surface area contributed by atoms with Crippen molar-refractivity contribution in [1.82, 2.24) is 19.2 Å². The minimum absolute atomic E-state index is 0.754. The van der Waals surface area contributed by atoms with E-state index >= 15 is 0 Å². The molecule has 72 valence electrons. The normalized spacial score (nSPS) is 16.8. The Morgan fingerprint density at radius 2 is 2.38 bits per heavy atom. The highest BCUT2D eigenvalue weighted by atomic mass is 32.1. The maximum Gasteiger partial charge on any atom is 0.198 e. The molecule has 2 rings (SSSR count). The van der Waals surface area contributed by atoms with E-state index in [2.05, 4.69) is 17.0 Å². The molecule has 1 aromatic heterocycles. The van der Waals surface area contributed by atoms with Gasteiger partial charge in [-0.15, -0.1) is 0 Å². The third kappa shape index (κ3) is 1.81. The smallest absolute Gasteiger partial charge is 0.198 e. The Balaban J connectivity index is 2.08. The van der Waals surface area contributed by atoms with Crippen LogP contribution in [0.4, 0.5) is 0 Å². The van der Waals surface area contributed by atoms with Crippen LogP contribution in [0.2, 0.25) is 0 Å². The first-order valence-electron chi connectivity index (χ1n) is 4.47. The summed E-state index contributed by atoms with van der Waals surface area (Å²) < 4.78 is 4.50. The zero-order valence-electron chi connectivity index (χ0n) is 7.97. The number of hydrogen-bond acceptors (Lipinski definition) is 3. The minimum Gasteiger partial charge on any atom is -0.310 e. The summed E-state index contributed by atoms with van der Waals surface area (Å²) in [5.41, 5.74) is 0. The molecule has 0 aromatic carbocycles. The molecule has 1 saturated carbocycles. The third-order valence-corrected chi connectivity index (χ3v) is 2.91. The fourth-order valence-corrected chi connectivity index (χ4v) is 1.51. The molecule has 0 N–H and O–H groups in total. The van der Waals surface area contributed by atoms with Gasteiger partial charge in [0.15, 0.2) is 4.77 Å². The van der Waals surface area contributed by atoms with E-state index in [0.29, 0.717) is 0 Å². The summed E-state index contributed by atoms with van der Waals surface area (Å²) in [5, 5.41) is 4.20. The summed E-state index contributed by atoms with van der Waals surface area (Å²) in [4.78, 5) is 2.29. The van der Waals surface area contributed by atoms with E-state index in [4.69, 9.17) is 12.2 Å². The fraction of sp³-hybridized carbons (Fsp3) is 0.750. The van der Waals surface area contributed by atoms with Crippen LogP contribution in [0.15, 0.2) is 6.33 Å². The van der Waals surface area contributed by atoms with E-state index in [1.807, 2.05) is 16.3 Å². The summed E-state index contributed by atoms with van der Waals surface area (Å²) in [7, 11) is 4.04. The number of aromatic nitrogens is 3. The van der Waals surface area contributed by atoms with Gasteiger partial charge in [0, 0.05) is 13.1 Å². The summed E-state index contributed by atoms with van der Waals surface area (Å²) in [5.74, 6) is 0. The van der Waals surface area contributed by atoms with Gasteiger partial charge >= 0.3 is 0 Å². The Morgan fingerprint density at radius 3 is 2.85 bits per heavy atom. The second-order valence-electron chi connectivity index (χ2n) is 3.65. The van der Waals surface area contributed by atoms with Crippen molar-refractivity contribution < 1.29 is 0 Å². The molecule has 5 heteroatoms. The Kier molecular flexibility index (Phi) is 2.21. The van der Waals surface area contributed by atoms with Crippen molar-refractivity contribution in [3.63, 3.8) is 0 Å². The van der Waals surface area contributed by atoms with E-state index in [1.165, 1.54) is 12.8 Å². The monoisotopic (exact) mass is 198 g/mol. The predicted octanol–water partition coefficient (Wildman–Crippen LogP) is 1.00. The highest BCUT2D eigenvalue weighted by Crippen LogP contribution is 2.25. The Labute approximate surface area is 82.8 Å². The van der Waals surface area contributed by atoms with Crippen LogP contribution in [0.3, 0.4) is 0 Å². The summed E-state index contributed by atoms with van der Waals surface area (Å²) in [6, 6.07) is 0.754. The van der Waals surface area contributed by atoms with Crippen LogP contribution in [0.25, 0.3) is 0 Å². The van der Waals surface area contributed by atoms with Crippen LogP contribution < -0.4 is 0 Å². The van der Waals surface area contributed by atoms with Crippen LogP contribution in [-0.2, 0) is 13.7 Å². The standard InChI is InChI=1S/C8H14N4S/c1-10-5-9-12(8(10)13)6-11(2)7-3-4-7/h5,7H,3-4,6H2,1-2H3. The van der Waals surface area contributed by atoms with Gasteiger partial charge in [0.1, 0.15) is 6.33 Å². The van der Waals surface area contributed by atoms with Crippen LogP contribution in [0, 0.1) is 4.77 Å². The molecule has 0 spiro atoms. The van der Waals surface area contributed by atoms with Crippen molar-refractivity contribution in [3.05, 3.63) is 11.1 Å². The van der Waals surface area contributed by atoms with Gasteiger partial charge < -0.3 is 4.57 Å². The first-order chi connectivity index (χ1) is 6.18. The largest absolute Gasteiger partial charge is 0.310 e. The molecule has 13 heavy (non-hydrogen) atoms. The first-order valence-corrected chi connectivity index (χ1v) is 4.88. The second-order valence-corrected chi connectivity index (χ2v) is 4.02. The molecule has 1 fully saturated rings. The maximum absolute atomic E-state index is 5.19. The lowest BCUT2D eigenvalue weighted by Gasteiger charge is -2.14.